The monoisotopic (exact) mass is 487 g/mol. The summed E-state index contributed by atoms with van der Waals surface area (Å²) in [6.45, 7) is 7.04. The molecule has 4 rings (SSSR count). The van der Waals surface area contributed by atoms with Crippen molar-refractivity contribution >= 4 is 16.9 Å². The van der Waals surface area contributed by atoms with Crippen LogP contribution in [0.5, 0.6) is 5.75 Å². The number of ether oxygens (including phenoxy) is 3. The molecule has 0 fully saturated rings. The minimum Gasteiger partial charge on any atom is -0.489 e. The highest BCUT2D eigenvalue weighted by atomic mass is 16.6. The van der Waals surface area contributed by atoms with Gasteiger partial charge in [0, 0.05) is 30.2 Å². The molecule has 188 valence electrons. The van der Waals surface area contributed by atoms with E-state index in [-0.39, 0.29) is 18.5 Å². The smallest absolute Gasteiger partial charge is 0.310 e. The summed E-state index contributed by atoms with van der Waals surface area (Å²) in [6, 6.07) is 18.2. The van der Waals surface area contributed by atoms with Crippen LogP contribution >= 0.6 is 0 Å². The van der Waals surface area contributed by atoms with E-state index in [2.05, 4.69) is 24.3 Å². The van der Waals surface area contributed by atoms with Crippen LogP contribution in [0.1, 0.15) is 34.7 Å². The van der Waals surface area contributed by atoms with Crippen LogP contribution in [0.15, 0.2) is 65.3 Å². The molecular formula is C30H33NO5. The zero-order valence-electron chi connectivity index (χ0n) is 21.3. The summed E-state index contributed by atoms with van der Waals surface area (Å²) < 4.78 is 22.6. The Hall–Kier alpha value is -3.61. The molecule has 3 aromatic carbocycles. The molecule has 0 radical (unpaired) electrons. The van der Waals surface area contributed by atoms with Gasteiger partial charge in [-0.2, -0.15) is 0 Å². The van der Waals surface area contributed by atoms with Crippen LogP contribution in [-0.2, 0) is 33.8 Å². The fraction of sp³-hybridized carbons (Fsp3) is 0.300. The summed E-state index contributed by atoms with van der Waals surface area (Å²) in [4.78, 5) is 12.5. The highest BCUT2D eigenvalue weighted by molar-refractivity contribution is 5.93. The molecule has 0 saturated heterocycles. The molecule has 1 unspecified atom stereocenters. The van der Waals surface area contributed by atoms with E-state index in [4.69, 9.17) is 24.4 Å². The van der Waals surface area contributed by atoms with E-state index < -0.39 is 0 Å². The van der Waals surface area contributed by atoms with Crippen LogP contribution in [0.4, 0.5) is 0 Å². The first-order valence-corrected chi connectivity index (χ1v) is 12.1. The quantitative estimate of drug-likeness (QED) is 0.282. The van der Waals surface area contributed by atoms with E-state index in [1.807, 2.05) is 51.1 Å². The molecule has 6 nitrogen and oxygen atoms in total. The summed E-state index contributed by atoms with van der Waals surface area (Å²) in [6.07, 6.45) is 1.52. The number of hydrogen-bond acceptors (Lipinski definition) is 6. The second kappa shape index (κ2) is 11.4. The molecule has 1 heterocycles. The van der Waals surface area contributed by atoms with E-state index in [0.717, 1.165) is 49.9 Å². The van der Waals surface area contributed by atoms with Crippen molar-refractivity contribution in [1.29, 1.82) is 0 Å². The van der Waals surface area contributed by atoms with Gasteiger partial charge in [-0.15, -0.1) is 0 Å². The van der Waals surface area contributed by atoms with Crippen molar-refractivity contribution in [2.75, 3.05) is 13.7 Å². The summed E-state index contributed by atoms with van der Waals surface area (Å²) >= 11 is 0. The maximum atomic E-state index is 12.5. The lowest BCUT2D eigenvalue weighted by atomic mass is 9.99. The molecule has 4 aromatic rings. The number of furan rings is 1. The molecule has 6 heteroatoms. The number of aryl methyl sites for hydroxylation is 2. The number of carbonyl (C=O) groups excluding carboxylic acids is 1. The predicted octanol–water partition coefficient (Wildman–Crippen LogP) is 5.87. The van der Waals surface area contributed by atoms with E-state index in [1.54, 1.807) is 13.4 Å². The standard InChI is InChI=1S/C30H33NO5/c1-19-10-26(15-29(32)36-21(3)17-33-4)28(11-20(19)2)35-18-23-13-25-8-9-34-30(25)27(14-23)24-7-5-6-22(12-24)16-31/h5-14,21H,15-18,31H2,1-4H3. The average Bonchev–Trinajstić information content (AvgIpc) is 3.33. The maximum Gasteiger partial charge on any atom is 0.310 e. The minimum absolute atomic E-state index is 0.127. The van der Waals surface area contributed by atoms with Crippen molar-refractivity contribution in [2.24, 2.45) is 5.73 Å². The minimum atomic E-state index is -0.311. The SMILES string of the molecule is COCC(C)OC(=O)Cc1cc(C)c(C)cc1OCc1cc(-c2cccc(CN)c2)c2occc2c1. The van der Waals surface area contributed by atoms with Gasteiger partial charge in [-0.3, -0.25) is 4.79 Å². The van der Waals surface area contributed by atoms with Crippen LogP contribution in [-0.4, -0.2) is 25.8 Å². The number of esters is 1. The van der Waals surface area contributed by atoms with Crippen molar-refractivity contribution < 1.29 is 23.4 Å². The molecule has 0 aliphatic carbocycles. The molecule has 0 spiro atoms. The fourth-order valence-electron chi connectivity index (χ4n) is 4.28. The molecule has 1 aromatic heterocycles. The van der Waals surface area contributed by atoms with E-state index in [0.29, 0.717) is 25.5 Å². The van der Waals surface area contributed by atoms with Crippen molar-refractivity contribution in [2.45, 2.75) is 46.4 Å². The Labute approximate surface area is 212 Å². The average molecular weight is 488 g/mol. The summed E-state index contributed by atoms with van der Waals surface area (Å²) in [5.41, 5.74) is 13.8. The first-order valence-electron chi connectivity index (χ1n) is 12.1. The second-order valence-electron chi connectivity index (χ2n) is 9.15. The van der Waals surface area contributed by atoms with Gasteiger partial charge >= 0.3 is 5.97 Å². The van der Waals surface area contributed by atoms with Crippen LogP contribution in [0.25, 0.3) is 22.1 Å². The van der Waals surface area contributed by atoms with Gasteiger partial charge < -0.3 is 24.4 Å². The van der Waals surface area contributed by atoms with Crippen molar-refractivity contribution in [3.63, 3.8) is 0 Å². The number of rotatable bonds is 10. The van der Waals surface area contributed by atoms with Gasteiger partial charge in [-0.1, -0.05) is 24.3 Å². The lowest BCUT2D eigenvalue weighted by molar-refractivity contribution is -0.149. The third-order valence-electron chi connectivity index (χ3n) is 6.22. The molecule has 0 bridgehead atoms. The molecule has 0 saturated carbocycles. The Morgan fingerprint density at radius 2 is 1.83 bits per heavy atom. The Morgan fingerprint density at radius 1 is 1.03 bits per heavy atom. The van der Waals surface area contributed by atoms with Gasteiger partial charge in [0.05, 0.1) is 19.3 Å². The zero-order valence-corrected chi connectivity index (χ0v) is 21.3. The summed E-state index contributed by atoms with van der Waals surface area (Å²) in [5, 5.41) is 1.00. The molecule has 2 N–H and O–H groups in total. The number of benzene rings is 3. The Morgan fingerprint density at radius 3 is 2.61 bits per heavy atom. The zero-order chi connectivity index (χ0) is 25.7. The Bertz CT molecular complexity index is 1360. The van der Waals surface area contributed by atoms with Crippen molar-refractivity contribution in [3.8, 4) is 16.9 Å². The number of methoxy groups -OCH3 is 1. The number of nitrogens with two attached hydrogens (primary N) is 1. The molecular weight excluding hydrogens is 454 g/mol. The van der Waals surface area contributed by atoms with Crippen LogP contribution in [0.3, 0.4) is 0 Å². The van der Waals surface area contributed by atoms with Gasteiger partial charge in [0.2, 0.25) is 0 Å². The molecule has 0 aliphatic heterocycles. The third kappa shape index (κ3) is 5.96. The van der Waals surface area contributed by atoms with Gasteiger partial charge in [0.15, 0.2) is 0 Å². The Balaban J connectivity index is 1.60. The van der Waals surface area contributed by atoms with E-state index in [1.165, 1.54) is 0 Å². The van der Waals surface area contributed by atoms with Crippen molar-refractivity contribution in [3.05, 3.63) is 88.7 Å². The van der Waals surface area contributed by atoms with Crippen LogP contribution in [0.2, 0.25) is 0 Å². The Kier molecular flexibility index (Phi) is 8.08. The van der Waals surface area contributed by atoms with Gasteiger partial charge in [-0.25, -0.2) is 0 Å². The van der Waals surface area contributed by atoms with Gasteiger partial charge in [0.1, 0.15) is 24.0 Å². The van der Waals surface area contributed by atoms with Crippen molar-refractivity contribution in [1.82, 2.24) is 0 Å². The normalized spacial score (nSPS) is 12.0. The van der Waals surface area contributed by atoms with Crippen LogP contribution < -0.4 is 10.5 Å². The summed E-state index contributed by atoms with van der Waals surface area (Å²) in [5.74, 6) is 0.364. The molecule has 36 heavy (non-hydrogen) atoms. The van der Waals surface area contributed by atoms with Crippen LogP contribution in [0, 0.1) is 13.8 Å². The first-order chi connectivity index (χ1) is 17.4. The number of fused-ring (bicyclic) bond motifs is 1. The number of carbonyl (C=O) groups is 1. The topological polar surface area (TPSA) is 83.9 Å². The maximum absolute atomic E-state index is 12.5. The number of hydrogen-bond donors (Lipinski definition) is 1. The fourth-order valence-corrected chi connectivity index (χ4v) is 4.28. The molecule has 1 atom stereocenters. The second-order valence-corrected chi connectivity index (χ2v) is 9.15. The molecule has 0 amide bonds. The lowest BCUT2D eigenvalue weighted by Crippen LogP contribution is -2.21. The summed E-state index contributed by atoms with van der Waals surface area (Å²) in [7, 11) is 1.58. The highest BCUT2D eigenvalue weighted by Gasteiger charge is 2.16. The first kappa shape index (κ1) is 25.5. The largest absolute Gasteiger partial charge is 0.489 e. The van der Waals surface area contributed by atoms with Gasteiger partial charge in [0.25, 0.3) is 0 Å². The van der Waals surface area contributed by atoms with E-state index in [9.17, 15) is 4.79 Å². The predicted molar refractivity (Wildman–Crippen MR) is 141 cm³/mol. The molecule has 0 aliphatic rings. The highest BCUT2D eigenvalue weighted by Crippen LogP contribution is 2.33. The third-order valence-corrected chi connectivity index (χ3v) is 6.22. The van der Waals surface area contributed by atoms with E-state index >= 15 is 0 Å². The van der Waals surface area contributed by atoms with Gasteiger partial charge in [-0.05, 0) is 78.9 Å². The lowest BCUT2D eigenvalue weighted by Gasteiger charge is -2.16.